The smallest absolute Gasteiger partial charge is 0.265 e. The van der Waals surface area contributed by atoms with Crippen molar-refractivity contribution in [2.75, 3.05) is 11.8 Å². The maximum absolute atomic E-state index is 12.5. The van der Waals surface area contributed by atoms with Gasteiger partial charge in [-0.05, 0) is 40.2 Å². The summed E-state index contributed by atoms with van der Waals surface area (Å²) >= 11 is 12.3. The van der Waals surface area contributed by atoms with Crippen molar-refractivity contribution in [3.63, 3.8) is 0 Å². The molecule has 0 atom stereocenters. The van der Waals surface area contributed by atoms with Crippen LogP contribution in [0.3, 0.4) is 0 Å². The van der Waals surface area contributed by atoms with E-state index < -0.39 is 10.0 Å². The minimum atomic E-state index is -3.87. The number of ether oxygens (including phenoxy) is 1. The lowest BCUT2D eigenvalue weighted by atomic mass is 10.3. The average Bonchev–Trinajstić information content (AvgIpc) is 2.42. The van der Waals surface area contributed by atoms with Crippen LogP contribution in [0.4, 0.5) is 5.69 Å². The van der Waals surface area contributed by atoms with E-state index in [0.717, 1.165) is 0 Å². The fourth-order valence-electron chi connectivity index (χ4n) is 1.55. The van der Waals surface area contributed by atoms with Gasteiger partial charge in [-0.25, -0.2) is 13.4 Å². The van der Waals surface area contributed by atoms with Crippen LogP contribution in [0.5, 0.6) is 5.75 Å². The zero-order valence-electron chi connectivity index (χ0n) is 10.6. The van der Waals surface area contributed by atoms with E-state index in [9.17, 15) is 8.42 Å². The third kappa shape index (κ3) is 3.88. The van der Waals surface area contributed by atoms with Gasteiger partial charge in [0.15, 0.2) is 5.15 Å². The molecule has 0 saturated heterocycles. The number of anilines is 1. The van der Waals surface area contributed by atoms with E-state index in [1.54, 1.807) is 12.1 Å². The van der Waals surface area contributed by atoms with E-state index in [0.29, 0.717) is 8.95 Å². The summed E-state index contributed by atoms with van der Waals surface area (Å²) < 4.78 is 33.7. The van der Waals surface area contributed by atoms with Crippen LogP contribution in [-0.2, 0) is 10.0 Å². The Morgan fingerprint density at radius 2 is 1.95 bits per heavy atom. The summed E-state index contributed by atoms with van der Waals surface area (Å²) in [6.07, 6.45) is 1.47. The van der Waals surface area contributed by atoms with Crippen molar-refractivity contribution in [3.05, 3.63) is 44.6 Å². The summed E-state index contributed by atoms with van der Waals surface area (Å²) in [7, 11) is -2.47. The Morgan fingerprint density at radius 1 is 1.24 bits per heavy atom. The number of hydrogen-bond acceptors (Lipinski definition) is 4. The van der Waals surface area contributed by atoms with Gasteiger partial charge in [0.1, 0.15) is 10.6 Å². The van der Waals surface area contributed by atoms with Crippen molar-refractivity contribution in [2.45, 2.75) is 4.90 Å². The molecular weight excluding hydrogens is 447 g/mol. The molecule has 2 rings (SSSR count). The highest BCUT2D eigenvalue weighted by atomic mass is 79.9. The Labute approximate surface area is 144 Å². The van der Waals surface area contributed by atoms with E-state index in [1.807, 2.05) is 0 Å². The summed E-state index contributed by atoms with van der Waals surface area (Å²) in [5.74, 6) is 0.227. The molecule has 112 valence electrons. The van der Waals surface area contributed by atoms with Gasteiger partial charge in [0.05, 0.1) is 12.8 Å². The number of aromatic nitrogens is 1. The van der Waals surface area contributed by atoms with Crippen LogP contribution >= 0.6 is 43.5 Å². The van der Waals surface area contributed by atoms with Crippen LogP contribution in [0, 0.1) is 0 Å². The first-order valence-corrected chi connectivity index (χ1v) is 8.95. The number of methoxy groups -OCH3 is 1. The molecular formula is C12H9Br2ClN2O3S. The fourth-order valence-corrected chi connectivity index (χ4v) is 3.86. The minimum absolute atomic E-state index is 0.00424. The van der Waals surface area contributed by atoms with Crippen molar-refractivity contribution in [3.8, 4) is 5.75 Å². The number of sulfonamides is 1. The third-order valence-corrected chi connectivity index (χ3v) is 5.08. The van der Waals surface area contributed by atoms with Crippen LogP contribution in [0.1, 0.15) is 0 Å². The number of hydrogen-bond donors (Lipinski definition) is 1. The van der Waals surface area contributed by atoms with Crippen LogP contribution in [-0.4, -0.2) is 20.5 Å². The normalized spacial score (nSPS) is 11.2. The molecule has 0 aliphatic heterocycles. The molecule has 0 fully saturated rings. The molecule has 0 aliphatic carbocycles. The van der Waals surface area contributed by atoms with Gasteiger partial charge in [0.2, 0.25) is 0 Å². The zero-order chi connectivity index (χ0) is 15.6. The molecule has 0 unspecified atom stereocenters. The van der Waals surface area contributed by atoms with Gasteiger partial charge in [-0.3, -0.25) is 4.72 Å². The molecule has 0 saturated carbocycles. The topological polar surface area (TPSA) is 68.3 Å². The lowest BCUT2D eigenvalue weighted by molar-refractivity contribution is 0.403. The number of rotatable bonds is 4. The van der Waals surface area contributed by atoms with Crippen molar-refractivity contribution < 1.29 is 13.2 Å². The fraction of sp³-hybridized carbons (Fsp3) is 0.0833. The highest BCUT2D eigenvalue weighted by Crippen LogP contribution is 2.31. The van der Waals surface area contributed by atoms with Crippen molar-refractivity contribution in [2.24, 2.45) is 0 Å². The molecule has 5 nitrogen and oxygen atoms in total. The number of nitrogens with one attached hydrogen (secondary N) is 1. The summed E-state index contributed by atoms with van der Waals surface area (Å²) in [6, 6.07) is 6.21. The van der Waals surface area contributed by atoms with Gasteiger partial charge in [0, 0.05) is 15.1 Å². The van der Waals surface area contributed by atoms with E-state index in [4.69, 9.17) is 16.3 Å². The maximum Gasteiger partial charge on any atom is 0.265 e. The Hall–Kier alpha value is -0.830. The lowest BCUT2D eigenvalue weighted by Crippen LogP contribution is -2.14. The summed E-state index contributed by atoms with van der Waals surface area (Å²) in [4.78, 5) is 3.86. The molecule has 2 aromatic rings. The number of benzene rings is 1. The van der Waals surface area contributed by atoms with Gasteiger partial charge in [-0.1, -0.05) is 27.5 Å². The lowest BCUT2D eigenvalue weighted by Gasteiger charge is -2.12. The minimum Gasteiger partial charge on any atom is -0.495 e. The van der Waals surface area contributed by atoms with Crippen molar-refractivity contribution >= 4 is 59.2 Å². The van der Waals surface area contributed by atoms with Crippen LogP contribution in [0.25, 0.3) is 0 Å². The number of nitrogens with zero attached hydrogens (tertiary/aromatic N) is 1. The molecule has 0 bridgehead atoms. The Bertz CT molecular complexity index is 784. The van der Waals surface area contributed by atoms with Gasteiger partial charge in [-0.2, -0.15) is 0 Å². The third-order valence-electron chi connectivity index (χ3n) is 2.47. The molecule has 1 heterocycles. The molecule has 21 heavy (non-hydrogen) atoms. The average molecular weight is 457 g/mol. The predicted octanol–water partition coefficient (Wildman–Crippen LogP) is 4.07. The van der Waals surface area contributed by atoms with Crippen molar-refractivity contribution in [1.82, 2.24) is 4.98 Å². The summed E-state index contributed by atoms with van der Waals surface area (Å²) in [5.41, 5.74) is 0.174. The first kappa shape index (κ1) is 16.5. The molecule has 0 amide bonds. The molecule has 0 aliphatic rings. The first-order chi connectivity index (χ1) is 9.83. The van der Waals surface area contributed by atoms with Gasteiger partial charge >= 0.3 is 0 Å². The zero-order valence-corrected chi connectivity index (χ0v) is 15.3. The van der Waals surface area contributed by atoms with Crippen LogP contribution < -0.4 is 9.46 Å². The highest BCUT2D eigenvalue weighted by Gasteiger charge is 2.21. The monoisotopic (exact) mass is 454 g/mol. The largest absolute Gasteiger partial charge is 0.495 e. The quantitative estimate of drug-likeness (QED) is 0.705. The second-order valence-electron chi connectivity index (χ2n) is 3.89. The molecule has 0 radical (unpaired) electrons. The number of halogens is 3. The van der Waals surface area contributed by atoms with E-state index in [2.05, 4.69) is 41.6 Å². The standard InChI is InChI=1S/C12H9Br2ClN2O3S/c1-20-10-3-2-7(13)5-11(10)21(18,19)17-9-4-8(14)6-16-12(9)15/h2-6,17H,1H3. The van der Waals surface area contributed by atoms with Crippen LogP contribution in [0.2, 0.25) is 5.15 Å². The first-order valence-electron chi connectivity index (χ1n) is 5.51. The van der Waals surface area contributed by atoms with E-state index >= 15 is 0 Å². The molecule has 9 heteroatoms. The summed E-state index contributed by atoms with van der Waals surface area (Å²) in [5, 5.41) is 0.0516. The predicted molar refractivity (Wildman–Crippen MR) is 88.4 cm³/mol. The molecule has 0 spiro atoms. The van der Waals surface area contributed by atoms with Crippen LogP contribution in [0.15, 0.2) is 44.3 Å². The highest BCUT2D eigenvalue weighted by molar-refractivity contribution is 9.10. The molecule has 1 aromatic heterocycles. The Morgan fingerprint density at radius 3 is 2.62 bits per heavy atom. The Balaban J connectivity index is 2.48. The van der Waals surface area contributed by atoms with E-state index in [-0.39, 0.29) is 21.5 Å². The van der Waals surface area contributed by atoms with Gasteiger partial charge < -0.3 is 4.74 Å². The molecule has 1 aromatic carbocycles. The van der Waals surface area contributed by atoms with Gasteiger partial charge in [0.25, 0.3) is 10.0 Å². The number of pyridine rings is 1. The van der Waals surface area contributed by atoms with Gasteiger partial charge in [-0.15, -0.1) is 0 Å². The summed E-state index contributed by atoms with van der Waals surface area (Å²) in [6.45, 7) is 0. The second kappa shape index (κ2) is 6.51. The Kier molecular flexibility index (Phi) is 5.13. The van der Waals surface area contributed by atoms with Crippen molar-refractivity contribution in [1.29, 1.82) is 0 Å². The van der Waals surface area contributed by atoms with E-state index in [1.165, 1.54) is 25.4 Å². The SMILES string of the molecule is COc1ccc(Br)cc1S(=O)(=O)Nc1cc(Br)cnc1Cl. The molecule has 1 N–H and O–H groups in total. The maximum atomic E-state index is 12.5. The second-order valence-corrected chi connectivity index (χ2v) is 7.73.